The van der Waals surface area contributed by atoms with Gasteiger partial charge in [0.2, 0.25) is 0 Å². The first kappa shape index (κ1) is 26.7. The van der Waals surface area contributed by atoms with E-state index in [4.69, 9.17) is 21.3 Å². The molecule has 4 aromatic rings. The number of fused-ring (bicyclic) bond motifs is 1. The lowest BCUT2D eigenvalue weighted by Crippen LogP contribution is -2.24. The molecule has 3 aromatic carbocycles. The number of carbonyl (C=O) groups is 1. The van der Waals surface area contributed by atoms with Crippen molar-refractivity contribution in [3.05, 3.63) is 94.3 Å². The molecule has 0 atom stereocenters. The highest BCUT2D eigenvalue weighted by Crippen LogP contribution is 2.23. The molecule has 1 amide bonds. The zero-order valence-corrected chi connectivity index (χ0v) is 22.6. The Morgan fingerprint density at radius 2 is 1.65 bits per heavy atom. The van der Waals surface area contributed by atoms with Gasteiger partial charge in [0.1, 0.15) is 11.6 Å². The van der Waals surface area contributed by atoms with Gasteiger partial charge in [0, 0.05) is 19.5 Å². The van der Waals surface area contributed by atoms with Crippen LogP contribution < -0.4 is 10.1 Å². The Balaban J connectivity index is 1.24. The molecular weight excluding hydrogens is 482 g/mol. The number of hydrogen-bond acceptors (Lipinski definition) is 3. The van der Waals surface area contributed by atoms with E-state index in [2.05, 4.69) is 60.1 Å². The van der Waals surface area contributed by atoms with Gasteiger partial charge < -0.3 is 14.6 Å². The average molecular weight is 518 g/mol. The Morgan fingerprint density at radius 3 is 2.46 bits per heavy atom. The Bertz CT molecular complexity index is 1310. The number of amides is 1. The molecule has 1 heterocycles. The maximum absolute atomic E-state index is 12.3. The predicted octanol–water partition coefficient (Wildman–Crippen LogP) is 7.31. The van der Waals surface area contributed by atoms with Crippen LogP contribution >= 0.6 is 11.6 Å². The van der Waals surface area contributed by atoms with Crippen LogP contribution in [0.2, 0.25) is 5.02 Å². The number of carbonyl (C=O) groups excluding carboxylic acids is 1. The number of halogens is 1. The zero-order chi connectivity index (χ0) is 26.0. The number of imidazole rings is 1. The first-order chi connectivity index (χ1) is 18.0. The van der Waals surface area contributed by atoms with E-state index >= 15 is 0 Å². The lowest BCUT2D eigenvalue weighted by molar-refractivity contribution is 0.0953. The smallest absolute Gasteiger partial charge is 0.252 e. The van der Waals surface area contributed by atoms with Crippen LogP contribution in [0.15, 0.2) is 66.7 Å². The van der Waals surface area contributed by atoms with Crippen molar-refractivity contribution in [1.82, 2.24) is 14.9 Å². The average Bonchev–Trinajstić information content (AvgIpc) is 3.24. The Kier molecular flexibility index (Phi) is 9.61. The van der Waals surface area contributed by atoms with Crippen molar-refractivity contribution in [2.24, 2.45) is 0 Å². The summed E-state index contributed by atoms with van der Waals surface area (Å²) in [5.74, 6) is 2.03. The highest BCUT2D eigenvalue weighted by molar-refractivity contribution is 6.33. The van der Waals surface area contributed by atoms with Crippen molar-refractivity contribution in [2.45, 2.75) is 58.9 Å². The minimum atomic E-state index is -0.117. The van der Waals surface area contributed by atoms with Gasteiger partial charge in [0.05, 0.1) is 28.2 Å². The van der Waals surface area contributed by atoms with Crippen LogP contribution in [0, 0.1) is 13.8 Å². The van der Waals surface area contributed by atoms with Gasteiger partial charge in [-0.2, -0.15) is 0 Å². The maximum Gasteiger partial charge on any atom is 0.252 e. The van der Waals surface area contributed by atoms with Crippen LogP contribution in [-0.4, -0.2) is 28.6 Å². The first-order valence-corrected chi connectivity index (χ1v) is 13.6. The summed E-state index contributed by atoms with van der Waals surface area (Å²) in [6.45, 7) is 6.48. The molecule has 0 fully saturated rings. The Labute approximate surface area is 224 Å². The Morgan fingerprint density at radius 1 is 0.892 bits per heavy atom. The second-order valence-electron chi connectivity index (χ2n) is 9.49. The van der Waals surface area contributed by atoms with Crippen molar-refractivity contribution < 1.29 is 9.53 Å². The van der Waals surface area contributed by atoms with Gasteiger partial charge in [-0.3, -0.25) is 4.79 Å². The summed E-state index contributed by atoms with van der Waals surface area (Å²) in [5, 5.41) is 3.46. The summed E-state index contributed by atoms with van der Waals surface area (Å²) < 4.78 is 8.47. The molecule has 0 aliphatic heterocycles. The van der Waals surface area contributed by atoms with Crippen LogP contribution in [0.3, 0.4) is 0 Å². The molecule has 4 rings (SSSR count). The monoisotopic (exact) mass is 517 g/mol. The van der Waals surface area contributed by atoms with Crippen molar-refractivity contribution >= 4 is 28.5 Å². The summed E-state index contributed by atoms with van der Waals surface area (Å²) in [6.07, 6.45) is 5.92. The summed E-state index contributed by atoms with van der Waals surface area (Å²) in [6, 6.07) is 21.8. The lowest BCUT2D eigenvalue weighted by atomic mass is 10.1. The molecule has 0 bridgehead atoms. The highest BCUT2D eigenvalue weighted by atomic mass is 35.5. The van der Waals surface area contributed by atoms with E-state index in [9.17, 15) is 4.79 Å². The molecule has 37 heavy (non-hydrogen) atoms. The summed E-state index contributed by atoms with van der Waals surface area (Å²) in [4.78, 5) is 17.2. The van der Waals surface area contributed by atoms with Crippen molar-refractivity contribution in [3.8, 4) is 5.75 Å². The third kappa shape index (κ3) is 7.14. The number of hydrogen-bond donors (Lipinski definition) is 1. The molecule has 0 unspecified atom stereocenters. The second kappa shape index (κ2) is 13.3. The maximum atomic E-state index is 12.3. The van der Waals surface area contributed by atoms with Gasteiger partial charge in [-0.1, -0.05) is 60.5 Å². The third-order valence-corrected chi connectivity index (χ3v) is 6.98. The number of nitrogens with one attached hydrogen (secondary N) is 1. The normalized spacial score (nSPS) is 11.1. The van der Waals surface area contributed by atoms with Crippen LogP contribution in [0.25, 0.3) is 11.0 Å². The van der Waals surface area contributed by atoms with Crippen molar-refractivity contribution in [1.29, 1.82) is 0 Å². The number of nitrogens with zero attached hydrogens (tertiary/aromatic N) is 2. The summed E-state index contributed by atoms with van der Waals surface area (Å²) >= 11 is 6.11. The number of ether oxygens (including phenoxy) is 1. The number of para-hydroxylation sites is 3. The van der Waals surface area contributed by atoms with E-state index in [0.717, 1.165) is 62.2 Å². The topological polar surface area (TPSA) is 56.1 Å². The summed E-state index contributed by atoms with van der Waals surface area (Å²) in [7, 11) is 0. The molecule has 0 radical (unpaired) electrons. The molecule has 194 valence electrons. The Hall–Kier alpha value is -3.31. The molecule has 0 saturated heterocycles. The number of aromatic nitrogens is 2. The molecule has 1 aromatic heterocycles. The van der Waals surface area contributed by atoms with Gasteiger partial charge in [-0.15, -0.1) is 0 Å². The van der Waals surface area contributed by atoms with Gasteiger partial charge in [0.25, 0.3) is 5.91 Å². The van der Waals surface area contributed by atoms with Gasteiger partial charge in [-0.05, 0) is 74.9 Å². The van der Waals surface area contributed by atoms with Crippen LogP contribution in [-0.2, 0) is 13.0 Å². The predicted molar refractivity (Wildman–Crippen MR) is 152 cm³/mol. The molecule has 0 saturated carbocycles. The van der Waals surface area contributed by atoms with E-state index in [1.807, 2.05) is 18.2 Å². The summed E-state index contributed by atoms with van der Waals surface area (Å²) in [5.41, 5.74) is 5.14. The quantitative estimate of drug-likeness (QED) is 0.189. The van der Waals surface area contributed by atoms with Crippen LogP contribution in [0.1, 0.15) is 59.4 Å². The number of benzene rings is 3. The van der Waals surface area contributed by atoms with Crippen LogP contribution in [0.4, 0.5) is 0 Å². The molecule has 0 aliphatic rings. The molecule has 0 aliphatic carbocycles. The second-order valence-corrected chi connectivity index (χ2v) is 9.90. The standard InChI is InChI=1S/C31H36ClN3O2/c1-23-13-12-14-24(2)30(23)37-22-11-10-21-35-28-18-8-7-17-27(28)34-29(35)19-4-3-9-20-33-31(36)25-15-5-6-16-26(25)32/h5-8,12-18H,3-4,9-11,19-22H2,1-2H3,(H,33,36). The van der Waals surface area contributed by atoms with E-state index in [-0.39, 0.29) is 5.91 Å². The van der Waals surface area contributed by atoms with Gasteiger partial charge in [0.15, 0.2) is 0 Å². The van der Waals surface area contributed by atoms with Crippen LogP contribution in [0.5, 0.6) is 5.75 Å². The van der Waals surface area contributed by atoms with E-state index in [1.165, 1.54) is 16.6 Å². The van der Waals surface area contributed by atoms with Crippen molar-refractivity contribution in [2.75, 3.05) is 13.2 Å². The van der Waals surface area contributed by atoms with E-state index < -0.39 is 0 Å². The van der Waals surface area contributed by atoms with E-state index in [1.54, 1.807) is 12.1 Å². The fourth-order valence-electron chi connectivity index (χ4n) is 4.67. The zero-order valence-electron chi connectivity index (χ0n) is 21.8. The van der Waals surface area contributed by atoms with Gasteiger partial charge >= 0.3 is 0 Å². The lowest BCUT2D eigenvalue weighted by Gasteiger charge is -2.13. The number of unbranched alkanes of at least 4 members (excludes halogenated alkanes) is 3. The van der Waals surface area contributed by atoms with E-state index in [0.29, 0.717) is 23.7 Å². The molecular formula is C31H36ClN3O2. The third-order valence-electron chi connectivity index (χ3n) is 6.65. The minimum absolute atomic E-state index is 0.117. The molecule has 0 spiro atoms. The molecule has 1 N–H and O–H groups in total. The fraction of sp³-hybridized carbons (Fsp3) is 0.355. The number of aryl methyl sites for hydroxylation is 4. The number of rotatable bonds is 13. The van der Waals surface area contributed by atoms with Gasteiger partial charge in [-0.25, -0.2) is 4.98 Å². The fourth-order valence-corrected chi connectivity index (χ4v) is 4.89. The highest BCUT2D eigenvalue weighted by Gasteiger charge is 2.11. The molecule has 5 nitrogen and oxygen atoms in total. The largest absolute Gasteiger partial charge is 0.493 e. The molecule has 6 heteroatoms. The minimum Gasteiger partial charge on any atom is -0.493 e. The van der Waals surface area contributed by atoms with Crippen molar-refractivity contribution in [3.63, 3.8) is 0 Å². The first-order valence-electron chi connectivity index (χ1n) is 13.2. The SMILES string of the molecule is Cc1cccc(C)c1OCCCCn1c(CCCCCNC(=O)c2ccccc2Cl)nc2ccccc21.